The summed E-state index contributed by atoms with van der Waals surface area (Å²) in [6, 6.07) is 7.86. The average molecular weight is 398 g/mol. The Kier molecular flexibility index (Phi) is 7.01. The number of carbonyl (C=O) groups is 2. The predicted molar refractivity (Wildman–Crippen MR) is 111 cm³/mol. The van der Waals surface area contributed by atoms with E-state index in [0.717, 1.165) is 30.0 Å². The van der Waals surface area contributed by atoms with E-state index < -0.39 is 0 Å². The van der Waals surface area contributed by atoms with Crippen LogP contribution in [0.25, 0.3) is 0 Å². The first-order valence-electron chi connectivity index (χ1n) is 10.4. The molecule has 2 aromatic heterocycles. The zero-order valence-electron chi connectivity index (χ0n) is 17.7. The predicted octanol–water partition coefficient (Wildman–Crippen LogP) is 2.22. The molecule has 2 aromatic rings. The first kappa shape index (κ1) is 21.0. The summed E-state index contributed by atoms with van der Waals surface area (Å²) >= 11 is 0. The van der Waals surface area contributed by atoms with E-state index in [1.165, 1.54) is 0 Å². The molecule has 0 saturated carbocycles. The van der Waals surface area contributed by atoms with Crippen molar-refractivity contribution in [1.29, 1.82) is 0 Å². The van der Waals surface area contributed by atoms with Crippen molar-refractivity contribution in [3.63, 3.8) is 0 Å². The number of aromatic nitrogens is 3. The molecule has 3 rings (SSSR count). The summed E-state index contributed by atoms with van der Waals surface area (Å²) < 4.78 is 1.99. The molecule has 7 nitrogen and oxygen atoms in total. The standard InChI is InChI=1S/C22H31N5O2/c1-17-15-18(2)27(24-17)13-6-12-25(3)22(29)19-8-9-21(28)26(16-19)14-10-20-7-4-5-11-23-20/h4-5,7,11,15,19H,6,8-10,12-14,16H2,1-3H3/t19-/m0/s1. The highest BCUT2D eigenvalue weighted by Crippen LogP contribution is 2.20. The molecule has 1 saturated heterocycles. The maximum absolute atomic E-state index is 12.9. The van der Waals surface area contributed by atoms with Crippen molar-refractivity contribution in [2.45, 2.75) is 46.1 Å². The number of rotatable bonds is 8. The smallest absolute Gasteiger partial charge is 0.227 e. The average Bonchev–Trinajstić information content (AvgIpc) is 3.04. The monoisotopic (exact) mass is 397 g/mol. The lowest BCUT2D eigenvalue weighted by atomic mass is 9.95. The number of hydrogen-bond donors (Lipinski definition) is 0. The third-order valence-electron chi connectivity index (χ3n) is 5.56. The second kappa shape index (κ2) is 9.67. The van der Waals surface area contributed by atoms with E-state index in [1.807, 2.05) is 53.6 Å². The van der Waals surface area contributed by atoms with Gasteiger partial charge in [-0.15, -0.1) is 0 Å². The molecule has 0 spiro atoms. The van der Waals surface area contributed by atoms with Gasteiger partial charge in [-0.3, -0.25) is 19.3 Å². The van der Waals surface area contributed by atoms with E-state index in [9.17, 15) is 9.59 Å². The second-order valence-electron chi connectivity index (χ2n) is 7.91. The van der Waals surface area contributed by atoms with Crippen molar-refractivity contribution in [3.05, 3.63) is 47.5 Å². The van der Waals surface area contributed by atoms with Gasteiger partial charge in [-0.1, -0.05) is 6.07 Å². The van der Waals surface area contributed by atoms with Crippen LogP contribution in [0, 0.1) is 19.8 Å². The molecule has 7 heteroatoms. The Bertz CT molecular complexity index is 833. The molecule has 0 bridgehead atoms. The van der Waals surface area contributed by atoms with Crippen molar-refractivity contribution < 1.29 is 9.59 Å². The number of carbonyl (C=O) groups excluding carboxylic acids is 2. The van der Waals surface area contributed by atoms with E-state index in [1.54, 1.807) is 6.20 Å². The summed E-state index contributed by atoms with van der Waals surface area (Å²) in [6.45, 7) is 6.65. The Labute approximate surface area is 172 Å². The Hall–Kier alpha value is -2.70. The van der Waals surface area contributed by atoms with Crippen LogP contribution in [-0.4, -0.2) is 63.1 Å². The van der Waals surface area contributed by atoms with Crippen LogP contribution < -0.4 is 0 Å². The molecule has 0 aliphatic carbocycles. The van der Waals surface area contributed by atoms with Gasteiger partial charge in [0.1, 0.15) is 0 Å². The van der Waals surface area contributed by atoms with Crippen molar-refractivity contribution in [2.75, 3.05) is 26.7 Å². The summed E-state index contributed by atoms with van der Waals surface area (Å²) in [4.78, 5) is 33.1. The highest BCUT2D eigenvalue weighted by molar-refractivity contribution is 5.83. The summed E-state index contributed by atoms with van der Waals surface area (Å²) in [5, 5.41) is 4.47. The third kappa shape index (κ3) is 5.65. The van der Waals surface area contributed by atoms with Crippen LogP contribution in [0.4, 0.5) is 0 Å². The van der Waals surface area contributed by atoms with Gasteiger partial charge in [0, 0.05) is 63.7 Å². The van der Waals surface area contributed by atoms with E-state index in [4.69, 9.17) is 0 Å². The van der Waals surface area contributed by atoms with Crippen LogP contribution in [0.5, 0.6) is 0 Å². The maximum atomic E-state index is 12.9. The van der Waals surface area contributed by atoms with Gasteiger partial charge in [0.25, 0.3) is 0 Å². The van der Waals surface area contributed by atoms with Crippen LogP contribution >= 0.6 is 0 Å². The first-order valence-corrected chi connectivity index (χ1v) is 10.4. The van der Waals surface area contributed by atoms with Gasteiger partial charge in [-0.05, 0) is 44.9 Å². The van der Waals surface area contributed by atoms with E-state index in [0.29, 0.717) is 38.9 Å². The van der Waals surface area contributed by atoms with Gasteiger partial charge in [0.15, 0.2) is 0 Å². The van der Waals surface area contributed by atoms with Crippen LogP contribution in [0.2, 0.25) is 0 Å². The highest BCUT2D eigenvalue weighted by Gasteiger charge is 2.31. The minimum Gasteiger partial charge on any atom is -0.345 e. The number of aryl methyl sites for hydroxylation is 3. The first-order chi connectivity index (χ1) is 13.9. The zero-order chi connectivity index (χ0) is 20.8. The van der Waals surface area contributed by atoms with E-state index in [2.05, 4.69) is 16.1 Å². The topological polar surface area (TPSA) is 71.3 Å². The van der Waals surface area contributed by atoms with Crippen LogP contribution in [0.1, 0.15) is 36.3 Å². The van der Waals surface area contributed by atoms with Gasteiger partial charge < -0.3 is 9.80 Å². The zero-order valence-corrected chi connectivity index (χ0v) is 17.7. The number of amides is 2. The van der Waals surface area contributed by atoms with Crippen LogP contribution in [0.3, 0.4) is 0 Å². The molecular weight excluding hydrogens is 366 g/mol. The summed E-state index contributed by atoms with van der Waals surface area (Å²) in [6.07, 6.45) is 4.42. The lowest BCUT2D eigenvalue weighted by molar-refractivity contribution is -0.142. The molecule has 3 heterocycles. The highest BCUT2D eigenvalue weighted by atomic mass is 16.2. The number of hydrogen-bond acceptors (Lipinski definition) is 4. The van der Waals surface area contributed by atoms with Gasteiger partial charge in [-0.2, -0.15) is 5.10 Å². The van der Waals surface area contributed by atoms with Gasteiger partial charge >= 0.3 is 0 Å². The third-order valence-corrected chi connectivity index (χ3v) is 5.56. The van der Waals surface area contributed by atoms with Crippen LogP contribution in [-0.2, 0) is 22.6 Å². The number of likely N-dealkylation sites (tertiary alicyclic amines) is 1. The molecule has 0 unspecified atom stereocenters. The summed E-state index contributed by atoms with van der Waals surface area (Å²) in [5.74, 6) is 0.154. The molecule has 1 fully saturated rings. The number of pyridine rings is 1. The fourth-order valence-corrected chi connectivity index (χ4v) is 3.91. The van der Waals surface area contributed by atoms with Gasteiger partial charge in [0.2, 0.25) is 11.8 Å². The molecular formula is C22H31N5O2. The minimum absolute atomic E-state index is 0.116. The Balaban J connectivity index is 1.47. The van der Waals surface area contributed by atoms with E-state index in [-0.39, 0.29) is 17.7 Å². The summed E-state index contributed by atoms with van der Waals surface area (Å²) in [7, 11) is 1.86. The second-order valence-corrected chi connectivity index (χ2v) is 7.91. The molecule has 156 valence electrons. The molecule has 1 atom stereocenters. The van der Waals surface area contributed by atoms with Crippen molar-refractivity contribution >= 4 is 11.8 Å². The van der Waals surface area contributed by atoms with Crippen molar-refractivity contribution in [1.82, 2.24) is 24.6 Å². The minimum atomic E-state index is -0.116. The Morgan fingerprint density at radius 2 is 2.10 bits per heavy atom. The van der Waals surface area contributed by atoms with Crippen LogP contribution in [0.15, 0.2) is 30.5 Å². The van der Waals surface area contributed by atoms with E-state index >= 15 is 0 Å². The molecule has 29 heavy (non-hydrogen) atoms. The number of piperidine rings is 1. The Morgan fingerprint density at radius 3 is 2.79 bits per heavy atom. The number of nitrogens with zero attached hydrogens (tertiary/aromatic N) is 5. The van der Waals surface area contributed by atoms with Crippen molar-refractivity contribution in [2.24, 2.45) is 5.92 Å². The maximum Gasteiger partial charge on any atom is 0.227 e. The molecule has 1 aliphatic rings. The molecule has 2 amide bonds. The fraction of sp³-hybridized carbons (Fsp3) is 0.545. The SMILES string of the molecule is Cc1cc(C)n(CCCN(C)C(=O)[C@H]2CCC(=O)N(CCc3ccccn3)C2)n1. The lowest BCUT2D eigenvalue weighted by Crippen LogP contribution is -2.47. The normalized spacial score (nSPS) is 16.9. The molecule has 0 N–H and O–H groups in total. The molecule has 0 radical (unpaired) electrons. The Morgan fingerprint density at radius 1 is 1.28 bits per heavy atom. The van der Waals surface area contributed by atoms with Gasteiger partial charge in [0.05, 0.1) is 11.6 Å². The van der Waals surface area contributed by atoms with Crippen molar-refractivity contribution in [3.8, 4) is 0 Å². The lowest BCUT2D eigenvalue weighted by Gasteiger charge is -2.34. The fourth-order valence-electron chi connectivity index (χ4n) is 3.91. The quantitative estimate of drug-likeness (QED) is 0.685. The molecule has 1 aliphatic heterocycles. The summed E-state index contributed by atoms with van der Waals surface area (Å²) in [5.41, 5.74) is 3.13. The molecule has 0 aromatic carbocycles. The van der Waals surface area contributed by atoms with Gasteiger partial charge in [-0.25, -0.2) is 0 Å². The largest absolute Gasteiger partial charge is 0.345 e.